The molecule has 3 fully saturated rings. The Morgan fingerprint density at radius 3 is 2.43 bits per heavy atom. The molecule has 2 saturated carbocycles. The molecule has 6 nitrogen and oxygen atoms in total. The number of carbonyl (C=O) groups excluding carboxylic acids is 1. The van der Waals surface area contributed by atoms with Crippen LogP contribution in [0.5, 0.6) is 0 Å². The lowest BCUT2D eigenvalue weighted by Crippen LogP contribution is -2.51. The van der Waals surface area contributed by atoms with E-state index in [-0.39, 0.29) is 22.2 Å². The molecule has 1 heterocycles. The van der Waals surface area contributed by atoms with Gasteiger partial charge in [-0.05, 0) is 56.7 Å². The van der Waals surface area contributed by atoms with E-state index in [0.717, 1.165) is 30.0 Å². The highest BCUT2D eigenvalue weighted by molar-refractivity contribution is 7.90. The summed E-state index contributed by atoms with van der Waals surface area (Å²) in [6.07, 6.45) is 2.11. The molecule has 8 heteroatoms. The third-order valence-electron chi connectivity index (χ3n) is 7.95. The Morgan fingerprint density at radius 1 is 1.29 bits per heavy atom. The summed E-state index contributed by atoms with van der Waals surface area (Å²) < 4.78 is 33.1. The average molecular weight is 432 g/mol. The van der Waals surface area contributed by atoms with Crippen LogP contribution in [0.25, 0.3) is 0 Å². The quantitative estimate of drug-likeness (QED) is 0.676. The number of sulfonamides is 1. The minimum atomic E-state index is -3.61. The van der Waals surface area contributed by atoms with E-state index in [0.29, 0.717) is 5.92 Å². The van der Waals surface area contributed by atoms with Gasteiger partial charge in [0.05, 0.1) is 29.9 Å². The van der Waals surface area contributed by atoms with Gasteiger partial charge in [0.15, 0.2) is 8.32 Å². The fraction of sp³-hybridized carbons (Fsp3) is 0.950. The molecule has 1 amide bonds. The smallest absolute Gasteiger partial charge is 0.241 e. The maximum Gasteiger partial charge on any atom is 0.241 e. The Morgan fingerprint density at radius 2 is 1.89 bits per heavy atom. The highest BCUT2D eigenvalue weighted by Gasteiger charge is 2.64. The van der Waals surface area contributed by atoms with Crippen LogP contribution in [0.2, 0.25) is 18.1 Å². The predicted molar refractivity (Wildman–Crippen MR) is 112 cm³/mol. The van der Waals surface area contributed by atoms with Gasteiger partial charge < -0.3 is 9.53 Å². The summed E-state index contributed by atoms with van der Waals surface area (Å²) in [5.74, 6) is -0.653. The van der Waals surface area contributed by atoms with Crippen LogP contribution in [0.3, 0.4) is 0 Å². The molecule has 6 atom stereocenters. The molecule has 2 aliphatic carbocycles. The molecule has 0 radical (unpaired) electrons. The lowest BCUT2D eigenvalue weighted by molar-refractivity contribution is -0.138. The van der Waals surface area contributed by atoms with Crippen molar-refractivity contribution in [2.45, 2.75) is 96.7 Å². The Bertz CT molecular complexity index is 746. The van der Waals surface area contributed by atoms with Crippen LogP contribution in [-0.4, -0.2) is 56.1 Å². The van der Waals surface area contributed by atoms with Crippen molar-refractivity contribution in [1.29, 1.82) is 0 Å². The zero-order valence-corrected chi connectivity index (χ0v) is 20.2. The van der Waals surface area contributed by atoms with E-state index >= 15 is 0 Å². The van der Waals surface area contributed by atoms with Gasteiger partial charge in [-0.1, -0.05) is 27.7 Å². The van der Waals surface area contributed by atoms with Gasteiger partial charge >= 0.3 is 0 Å². The molecule has 0 aromatic heterocycles. The first-order valence-corrected chi connectivity index (χ1v) is 15.0. The van der Waals surface area contributed by atoms with Crippen LogP contribution in [0, 0.1) is 17.3 Å². The molecule has 1 spiro atoms. The lowest BCUT2D eigenvalue weighted by Gasteiger charge is -2.40. The van der Waals surface area contributed by atoms with Gasteiger partial charge in [-0.2, -0.15) is 0 Å². The topological polar surface area (TPSA) is 83.9 Å². The van der Waals surface area contributed by atoms with Gasteiger partial charge in [-0.25, -0.2) is 12.7 Å². The number of carbonyl (C=O) groups is 1. The molecule has 162 valence electrons. The molecule has 28 heavy (non-hydrogen) atoms. The van der Waals surface area contributed by atoms with Crippen molar-refractivity contribution in [2.24, 2.45) is 17.3 Å². The average Bonchev–Trinajstić information content (AvgIpc) is 3.14. The largest absolute Gasteiger partial charge is 0.412 e. The van der Waals surface area contributed by atoms with E-state index in [1.165, 1.54) is 0 Å². The zero-order chi connectivity index (χ0) is 21.3. The van der Waals surface area contributed by atoms with E-state index in [1.807, 2.05) is 0 Å². The van der Waals surface area contributed by atoms with Crippen LogP contribution >= 0.6 is 0 Å². The lowest BCUT2D eigenvalue weighted by atomic mass is 9.81. The number of aliphatic hydroxyl groups is 1. The number of hydrogen-bond acceptors (Lipinski definition) is 5. The second-order valence-corrected chi connectivity index (χ2v) is 17.6. The highest BCUT2D eigenvalue weighted by atomic mass is 32.2. The summed E-state index contributed by atoms with van der Waals surface area (Å²) in [6.45, 7) is 14.0. The summed E-state index contributed by atoms with van der Waals surface area (Å²) in [7, 11) is -5.72. The number of amides is 1. The Kier molecular flexibility index (Phi) is 5.39. The van der Waals surface area contributed by atoms with Crippen molar-refractivity contribution in [2.75, 3.05) is 5.75 Å². The van der Waals surface area contributed by atoms with Crippen molar-refractivity contribution in [3.63, 3.8) is 0 Å². The fourth-order valence-electron chi connectivity index (χ4n) is 5.29. The van der Waals surface area contributed by atoms with E-state index in [2.05, 4.69) is 33.9 Å². The Balaban J connectivity index is 1.75. The van der Waals surface area contributed by atoms with Gasteiger partial charge in [0.1, 0.15) is 0 Å². The molecule has 0 aromatic carbocycles. The summed E-state index contributed by atoms with van der Waals surface area (Å²) >= 11 is 0. The molecule has 0 unspecified atom stereocenters. The molecular formula is C20H37NO5SSi. The third-order valence-corrected chi connectivity index (χ3v) is 14.5. The molecule has 2 bridgehead atoms. The molecule has 3 rings (SSSR count). The molecular weight excluding hydrogens is 394 g/mol. The second kappa shape index (κ2) is 6.79. The van der Waals surface area contributed by atoms with Gasteiger partial charge in [-0.3, -0.25) is 4.79 Å². The summed E-state index contributed by atoms with van der Waals surface area (Å²) in [6, 6.07) is -0.213. The van der Waals surface area contributed by atoms with Gasteiger partial charge in [0.2, 0.25) is 15.9 Å². The third kappa shape index (κ3) is 3.48. The van der Waals surface area contributed by atoms with E-state index in [9.17, 15) is 18.3 Å². The normalized spacial score (nSPS) is 34.9. The number of nitrogens with zero attached hydrogens (tertiary/aromatic N) is 1. The maximum atomic E-state index is 13.2. The fourth-order valence-corrected chi connectivity index (χ4v) is 9.17. The summed E-state index contributed by atoms with van der Waals surface area (Å²) in [5, 5.41) is 10.8. The molecule has 1 N–H and O–H groups in total. The van der Waals surface area contributed by atoms with Crippen molar-refractivity contribution < 1.29 is 22.7 Å². The SMILES string of the molecule is C[C@H](O[Si](C)(C)C(C)(C)C)[C@H](O)[C@@H](C)C(=O)N1[C@@H]2C[C@H]3CC[C@@]2(C3)CS1(=O)=O. The highest BCUT2D eigenvalue weighted by Crippen LogP contribution is 2.60. The van der Waals surface area contributed by atoms with Crippen LogP contribution in [0.1, 0.15) is 60.3 Å². The second-order valence-electron chi connectivity index (χ2n) is 11.0. The number of rotatable bonds is 5. The van der Waals surface area contributed by atoms with Crippen LogP contribution in [0.4, 0.5) is 0 Å². The summed E-state index contributed by atoms with van der Waals surface area (Å²) in [4.78, 5) is 13.2. The monoisotopic (exact) mass is 431 g/mol. The minimum absolute atomic E-state index is 0.0119. The maximum absolute atomic E-state index is 13.2. The molecule has 0 aromatic rings. The number of hydrogen-bond donors (Lipinski definition) is 1. The first kappa shape index (κ1) is 22.2. The van der Waals surface area contributed by atoms with E-state index in [4.69, 9.17) is 4.43 Å². The minimum Gasteiger partial charge on any atom is -0.412 e. The van der Waals surface area contributed by atoms with Gasteiger partial charge in [0, 0.05) is 5.41 Å². The van der Waals surface area contributed by atoms with E-state index < -0.39 is 42.4 Å². The van der Waals surface area contributed by atoms with E-state index in [1.54, 1.807) is 13.8 Å². The van der Waals surface area contributed by atoms with Gasteiger partial charge in [0.25, 0.3) is 0 Å². The number of fused-ring (bicyclic) bond motifs is 1. The van der Waals surface area contributed by atoms with Crippen molar-refractivity contribution in [1.82, 2.24) is 4.31 Å². The standard InChI is InChI=1S/C20H37NO5SSi/c1-13(17(22)14(2)26-28(6,7)19(3,4)5)18(23)21-16-10-15-8-9-20(16,11-15)12-27(21,24)25/h13-17,22H,8-12H2,1-7H3/t13-,14+,15-,16-,17-,20-/m1/s1. The molecule has 1 saturated heterocycles. The number of aliphatic hydroxyl groups excluding tert-OH is 1. The molecule has 1 aliphatic heterocycles. The van der Waals surface area contributed by atoms with Crippen LogP contribution in [-0.2, 0) is 19.2 Å². The first-order valence-electron chi connectivity index (χ1n) is 10.5. The van der Waals surface area contributed by atoms with Crippen LogP contribution < -0.4 is 0 Å². The van der Waals surface area contributed by atoms with Crippen LogP contribution in [0.15, 0.2) is 0 Å². The van der Waals surface area contributed by atoms with Crippen molar-refractivity contribution in [3.05, 3.63) is 0 Å². The molecule has 3 aliphatic rings. The summed E-state index contributed by atoms with van der Waals surface area (Å²) in [5.41, 5.74) is -0.243. The van der Waals surface area contributed by atoms with Crippen molar-refractivity contribution >= 4 is 24.2 Å². The van der Waals surface area contributed by atoms with Gasteiger partial charge in [-0.15, -0.1) is 0 Å². The van der Waals surface area contributed by atoms with Crippen molar-refractivity contribution in [3.8, 4) is 0 Å². The predicted octanol–water partition coefficient (Wildman–Crippen LogP) is 3.12. The zero-order valence-electron chi connectivity index (χ0n) is 18.4. The first-order chi connectivity index (χ1) is 12.6. The Labute approximate surface area is 171 Å². The Hall–Kier alpha value is -0.443.